The smallest absolute Gasteiger partial charge is 0.0277 e. The van der Waals surface area contributed by atoms with Crippen LogP contribution < -0.4 is 0 Å². The highest BCUT2D eigenvalue weighted by atomic mass is 14.6. The van der Waals surface area contributed by atoms with Crippen molar-refractivity contribution in [1.82, 2.24) is 0 Å². The molecule has 0 aliphatic heterocycles. The van der Waals surface area contributed by atoms with Gasteiger partial charge in [0.1, 0.15) is 0 Å². The van der Waals surface area contributed by atoms with Crippen LogP contribution in [0.25, 0.3) is 0 Å². The Balaban J connectivity index is 0. The van der Waals surface area contributed by atoms with Crippen molar-refractivity contribution in [2.75, 3.05) is 7.05 Å². The first kappa shape index (κ1) is 24.4. The van der Waals surface area contributed by atoms with Crippen LogP contribution in [0.4, 0.5) is 0 Å². The van der Waals surface area contributed by atoms with Gasteiger partial charge in [-0.2, -0.15) is 0 Å². The Morgan fingerprint density at radius 3 is 1.96 bits per heavy atom. The molecule has 0 bridgehead atoms. The Kier molecular flexibility index (Phi) is 14.9. The lowest BCUT2D eigenvalue weighted by Gasteiger charge is -2.10. The van der Waals surface area contributed by atoms with E-state index in [1.54, 1.807) is 0 Å². The molecular weight excluding hydrogens is 290 g/mol. The van der Waals surface area contributed by atoms with Gasteiger partial charge in [-0.05, 0) is 63.8 Å². The lowest BCUT2D eigenvalue weighted by molar-refractivity contribution is 1.17. The van der Waals surface area contributed by atoms with E-state index in [9.17, 15) is 0 Å². The largest absolute Gasteiger partial charge is 0.296 e. The molecule has 0 saturated heterocycles. The fourth-order valence-corrected chi connectivity index (χ4v) is 1.90. The first-order valence-corrected chi connectivity index (χ1v) is 8.84. The predicted octanol–water partition coefficient (Wildman–Crippen LogP) is 7.41. The summed E-state index contributed by atoms with van der Waals surface area (Å²) in [4.78, 5) is 4.15. The van der Waals surface area contributed by atoms with Crippen molar-refractivity contribution in [3.05, 3.63) is 70.4 Å². The first-order chi connectivity index (χ1) is 11.3. The van der Waals surface area contributed by atoms with E-state index >= 15 is 0 Å². The topological polar surface area (TPSA) is 12.4 Å². The molecule has 0 amide bonds. The second kappa shape index (κ2) is 14.7. The summed E-state index contributed by atoms with van der Waals surface area (Å²) < 4.78 is 0. The molecule has 134 valence electrons. The molecule has 0 heterocycles. The standard InChI is InChI=1S/C21H31N.C2H6/c1-9-18(7)13-20(14-19(10-2)15-22-8)21(17(5)6)12-11-16(3)4;1-2/h9,11-15H,3,10H2,1-2,4-8H3;1-2H3/b12-11-,18-9+,19-14-,20-13+,22-15?;. The molecule has 0 spiro atoms. The molecule has 0 unspecified atom stereocenters. The van der Waals surface area contributed by atoms with Crippen LogP contribution in [-0.4, -0.2) is 13.3 Å². The molecule has 0 N–H and O–H groups in total. The van der Waals surface area contributed by atoms with Gasteiger partial charge in [0, 0.05) is 13.3 Å². The fraction of sp³-hybridized carbons (Fsp3) is 0.435. The van der Waals surface area contributed by atoms with Crippen LogP contribution in [-0.2, 0) is 0 Å². The molecule has 0 saturated carbocycles. The molecule has 24 heavy (non-hydrogen) atoms. The van der Waals surface area contributed by atoms with E-state index in [1.807, 2.05) is 34.0 Å². The third kappa shape index (κ3) is 10.8. The van der Waals surface area contributed by atoms with E-state index in [2.05, 4.69) is 76.6 Å². The van der Waals surface area contributed by atoms with Crippen LogP contribution in [0.15, 0.2) is 75.4 Å². The van der Waals surface area contributed by atoms with E-state index in [0.717, 1.165) is 12.0 Å². The zero-order chi connectivity index (χ0) is 19.1. The van der Waals surface area contributed by atoms with E-state index in [0.29, 0.717) is 0 Å². The van der Waals surface area contributed by atoms with Crippen LogP contribution in [0.3, 0.4) is 0 Å². The molecule has 1 nitrogen and oxygen atoms in total. The number of allylic oxidation sites excluding steroid dienone is 11. The van der Waals surface area contributed by atoms with Crippen molar-refractivity contribution in [3.8, 4) is 0 Å². The van der Waals surface area contributed by atoms with Crippen LogP contribution in [0.1, 0.15) is 61.8 Å². The van der Waals surface area contributed by atoms with E-state index < -0.39 is 0 Å². The summed E-state index contributed by atoms with van der Waals surface area (Å²) in [6.07, 6.45) is 13.7. The monoisotopic (exact) mass is 327 g/mol. The molecule has 0 aromatic rings. The van der Waals surface area contributed by atoms with Gasteiger partial charge in [-0.3, -0.25) is 4.99 Å². The first-order valence-electron chi connectivity index (χ1n) is 8.84. The van der Waals surface area contributed by atoms with Crippen molar-refractivity contribution in [2.45, 2.75) is 61.8 Å². The van der Waals surface area contributed by atoms with Crippen LogP contribution in [0.5, 0.6) is 0 Å². The minimum atomic E-state index is 0.962. The lowest BCUT2D eigenvalue weighted by Crippen LogP contribution is -1.92. The van der Waals surface area contributed by atoms with Gasteiger partial charge in [-0.15, -0.1) is 0 Å². The van der Waals surface area contributed by atoms with Gasteiger partial charge in [0.2, 0.25) is 0 Å². The van der Waals surface area contributed by atoms with Crippen LogP contribution >= 0.6 is 0 Å². The molecule has 0 radical (unpaired) electrons. The summed E-state index contributed by atoms with van der Waals surface area (Å²) in [6, 6.07) is 0. The van der Waals surface area contributed by atoms with Gasteiger partial charge in [0.05, 0.1) is 0 Å². The van der Waals surface area contributed by atoms with E-state index in [1.165, 1.54) is 27.9 Å². The summed E-state index contributed by atoms with van der Waals surface area (Å²) in [7, 11) is 1.81. The zero-order valence-corrected chi connectivity index (χ0v) is 17.3. The third-order valence-corrected chi connectivity index (χ3v) is 3.27. The number of rotatable bonds is 7. The second-order valence-corrected chi connectivity index (χ2v) is 5.69. The normalized spacial score (nSPS) is 13.1. The molecule has 0 aliphatic carbocycles. The van der Waals surface area contributed by atoms with Gasteiger partial charge in [-0.25, -0.2) is 0 Å². The quantitative estimate of drug-likeness (QED) is 0.341. The Morgan fingerprint density at radius 1 is 1.00 bits per heavy atom. The van der Waals surface area contributed by atoms with Crippen molar-refractivity contribution in [2.24, 2.45) is 4.99 Å². The van der Waals surface area contributed by atoms with Crippen LogP contribution in [0.2, 0.25) is 0 Å². The van der Waals surface area contributed by atoms with Gasteiger partial charge in [0.15, 0.2) is 0 Å². The minimum absolute atomic E-state index is 0.962. The predicted molar refractivity (Wildman–Crippen MR) is 114 cm³/mol. The molecule has 0 aromatic carbocycles. The highest BCUT2D eigenvalue weighted by molar-refractivity contribution is 5.80. The second-order valence-electron chi connectivity index (χ2n) is 5.69. The maximum Gasteiger partial charge on any atom is 0.0277 e. The summed E-state index contributed by atoms with van der Waals surface area (Å²) in [5.74, 6) is 0. The summed E-state index contributed by atoms with van der Waals surface area (Å²) >= 11 is 0. The Hall–Kier alpha value is -1.89. The highest BCUT2D eigenvalue weighted by Crippen LogP contribution is 2.22. The van der Waals surface area contributed by atoms with Crippen LogP contribution in [0, 0.1) is 0 Å². The molecule has 1 heteroatoms. The number of aliphatic imine (C=N–C) groups is 1. The molecular formula is C23H37N. The average Bonchev–Trinajstić information content (AvgIpc) is 2.55. The number of hydrogen-bond acceptors (Lipinski definition) is 1. The maximum atomic E-state index is 4.15. The van der Waals surface area contributed by atoms with Gasteiger partial charge < -0.3 is 0 Å². The van der Waals surface area contributed by atoms with Crippen molar-refractivity contribution in [3.63, 3.8) is 0 Å². The zero-order valence-electron chi connectivity index (χ0n) is 17.3. The summed E-state index contributed by atoms with van der Waals surface area (Å²) in [6.45, 7) is 20.6. The Bertz CT molecular complexity index is 557. The highest BCUT2D eigenvalue weighted by Gasteiger charge is 2.04. The molecule has 0 fully saturated rings. The molecule has 0 aromatic heterocycles. The Labute approximate surface area is 151 Å². The minimum Gasteiger partial charge on any atom is -0.296 e. The fourth-order valence-electron chi connectivity index (χ4n) is 1.90. The van der Waals surface area contributed by atoms with Crippen molar-refractivity contribution >= 4 is 6.21 Å². The van der Waals surface area contributed by atoms with Crippen molar-refractivity contribution < 1.29 is 0 Å². The summed E-state index contributed by atoms with van der Waals surface area (Å²) in [5.41, 5.74) is 7.26. The lowest BCUT2D eigenvalue weighted by atomic mass is 9.95. The van der Waals surface area contributed by atoms with Crippen molar-refractivity contribution in [1.29, 1.82) is 0 Å². The Morgan fingerprint density at radius 2 is 1.58 bits per heavy atom. The molecule has 0 atom stereocenters. The van der Waals surface area contributed by atoms with Gasteiger partial charge in [0.25, 0.3) is 0 Å². The number of hydrogen-bond donors (Lipinski definition) is 0. The maximum absolute atomic E-state index is 4.15. The third-order valence-electron chi connectivity index (χ3n) is 3.27. The van der Waals surface area contributed by atoms with Gasteiger partial charge in [-0.1, -0.05) is 68.4 Å². The average molecular weight is 328 g/mol. The molecule has 0 rings (SSSR count). The molecule has 0 aliphatic rings. The SMILES string of the molecule is C=C(C)/C=C\C(=C(C)C)C(/C=C(\C=NC)CC)=C/C(C)=C/C.CC. The van der Waals surface area contributed by atoms with Gasteiger partial charge >= 0.3 is 0 Å². The number of nitrogens with zero attached hydrogens (tertiary/aromatic N) is 1. The summed E-state index contributed by atoms with van der Waals surface area (Å²) in [5, 5.41) is 0. The van der Waals surface area contributed by atoms with E-state index in [4.69, 9.17) is 0 Å². The van der Waals surface area contributed by atoms with E-state index in [-0.39, 0.29) is 0 Å².